The van der Waals surface area contributed by atoms with Gasteiger partial charge in [-0.3, -0.25) is 9.59 Å². The van der Waals surface area contributed by atoms with Crippen molar-refractivity contribution in [1.82, 2.24) is 4.90 Å². The second kappa shape index (κ2) is 7.13. The van der Waals surface area contributed by atoms with Crippen molar-refractivity contribution in [3.8, 4) is 5.75 Å². The number of likely N-dealkylation sites (tertiary alicyclic amines) is 1. The molecular formula is C16H20BrNO4. The third-order valence-electron chi connectivity index (χ3n) is 3.89. The number of carboxylic acid groups (broad SMARTS) is 1. The summed E-state index contributed by atoms with van der Waals surface area (Å²) in [6.45, 7) is 4.67. The lowest BCUT2D eigenvalue weighted by Crippen LogP contribution is -2.44. The van der Waals surface area contributed by atoms with Crippen LogP contribution in [0.1, 0.15) is 24.0 Å². The average molecular weight is 370 g/mol. The van der Waals surface area contributed by atoms with Crippen LogP contribution in [0.5, 0.6) is 5.75 Å². The summed E-state index contributed by atoms with van der Waals surface area (Å²) < 4.78 is 6.65. The van der Waals surface area contributed by atoms with Crippen LogP contribution in [0, 0.1) is 19.8 Å². The molecule has 1 atom stereocenters. The Morgan fingerprint density at radius 1 is 1.36 bits per heavy atom. The molecule has 0 aliphatic carbocycles. The summed E-state index contributed by atoms with van der Waals surface area (Å²) in [5.41, 5.74) is 1.92. The molecule has 0 saturated carbocycles. The number of halogens is 1. The van der Waals surface area contributed by atoms with Gasteiger partial charge in [0.2, 0.25) is 0 Å². The maximum Gasteiger partial charge on any atom is 0.308 e. The first-order valence-electron chi connectivity index (χ1n) is 7.28. The van der Waals surface area contributed by atoms with Crippen LogP contribution in [0.15, 0.2) is 16.6 Å². The molecule has 1 heterocycles. The second-order valence-corrected chi connectivity index (χ2v) is 6.59. The number of piperidine rings is 1. The number of nitrogens with zero attached hydrogens (tertiary/aromatic N) is 1. The Hall–Kier alpha value is -1.56. The number of carbonyl (C=O) groups excluding carboxylic acids is 1. The van der Waals surface area contributed by atoms with Crippen molar-refractivity contribution >= 4 is 27.8 Å². The van der Waals surface area contributed by atoms with E-state index in [1.807, 2.05) is 26.0 Å². The van der Waals surface area contributed by atoms with Crippen LogP contribution in [-0.2, 0) is 9.59 Å². The van der Waals surface area contributed by atoms with E-state index in [1.165, 1.54) is 0 Å². The maximum absolute atomic E-state index is 12.2. The van der Waals surface area contributed by atoms with Crippen LogP contribution in [0.3, 0.4) is 0 Å². The van der Waals surface area contributed by atoms with Crippen LogP contribution >= 0.6 is 15.9 Å². The van der Waals surface area contributed by atoms with Gasteiger partial charge in [-0.1, -0.05) is 15.9 Å². The summed E-state index contributed by atoms with van der Waals surface area (Å²) in [5, 5.41) is 9.07. The molecule has 1 amide bonds. The van der Waals surface area contributed by atoms with Crippen molar-refractivity contribution in [2.24, 2.45) is 5.92 Å². The van der Waals surface area contributed by atoms with E-state index >= 15 is 0 Å². The van der Waals surface area contributed by atoms with Crippen LogP contribution in [0.2, 0.25) is 0 Å². The number of carbonyl (C=O) groups is 2. The van der Waals surface area contributed by atoms with Gasteiger partial charge < -0.3 is 14.7 Å². The summed E-state index contributed by atoms with van der Waals surface area (Å²) in [5.74, 6) is -0.747. The highest BCUT2D eigenvalue weighted by molar-refractivity contribution is 9.10. The minimum atomic E-state index is -0.835. The molecule has 1 aliphatic rings. The lowest BCUT2D eigenvalue weighted by atomic mass is 9.98. The topological polar surface area (TPSA) is 66.8 Å². The molecule has 1 unspecified atom stereocenters. The zero-order valence-electron chi connectivity index (χ0n) is 12.8. The Morgan fingerprint density at radius 2 is 2.00 bits per heavy atom. The molecule has 1 fully saturated rings. The van der Waals surface area contributed by atoms with Gasteiger partial charge in [0, 0.05) is 17.6 Å². The van der Waals surface area contributed by atoms with E-state index in [-0.39, 0.29) is 19.1 Å². The predicted molar refractivity (Wildman–Crippen MR) is 86.1 cm³/mol. The molecule has 0 radical (unpaired) electrons. The average Bonchev–Trinajstić information content (AvgIpc) is 2.46. The number of aryl methyl sites for hydroxylation is 2. The van der Waals surface area contributed by atoms with Crippen molar-refractivity contribution in [3.63, 3.8) is 0 Å². The van der Waals surface area contributed by atoms with Crippen LogP contribution in [0.25, 0.3) is 0 Å². The SMILES string of the molecule is Cc1cc(Br)cc(C)c1OCC(=O)N1CCCC(C(=O)O)C1. The molecule has 1 saturated heterocycles. The summed E-state index contributed by atoms with van der Waals surface area (Å²) in [6.07, 6.45) is 1.35. The molecule has 0 bridgehead atoms. The van der Waals surface area contributed by atoms with E-state index < -0.39 is 11.9 Å². The van der Waals surface area contributed by atoms with Crippen molar-refractivity contribution < 1.29 is 19.4 Å². The molecule has 22 heavy (non-hydrogen) atoms. The maximum atomic E-state index is 12.2. The second-order valence-electron chi connectivity index (χ2n) is 5.67. The fraction of sp³-hybridized carbons (Fsp3) is 0.500. The zero-order valence-corrected chi connectivity index (χ0v) is 14.4. The number of benzene rings is 1. The molecule has 5 nitrogen and oxygen atoms in total. The van der Waals surface area contributed by atoms with Crippen molar-refractivity contribution in [2.45, 2.75) is 26.7 Å². The smallest absolute Gasteiger partial charge is 0.308 e. The summed E-state index contributed by atoms with van der Waals surface area (Å²) in [6, 6.07) is 3.88. The third-order valence-corrected chi connectivity index (χ3v) is 4.35. The van der Waals surface area contributed by atoms with E-state index in [4.69, 9.17) is 9.84 Å². The highest BCUT2D eigenvalue weighted by Gasteiger charge is 2.28. The molecule has 1 aromatic carbocycles. The van der Waals surface area contributed by atoms with Gasteiger partial charge in [0.15, 0.2) is 6.61 Å². The number of rotatable bonds is 4. The fourth-order valence-corrected chi connectivity index (χ4v) is 3.44. The fourth-order valence-electron chi connectivity index (χ4n) is 2.76. The lowest BCUT2D eigenvalue weighted by Gasteiger charge is -2.30. The summed E-state index contributed by atoms with van der Waals surface area (Å²) in [7, 11) is 0. The first kappa shape index (κ1) is 16.8. The Labute approximate surface area is 138 Å². The molecule has 0 aromatic heterocycles. The minimum absolute atomic E-state index is 0.0599. The Balaban J connectivity index is 1.97. The van der Waals surface area contributed by atoms with Gasteiger partial charge >= 0.3 is 5.97 Å². The van der Waals surface area contributed by atoms with E-state index in [0.717, 1.165) is 22.0 Å². The molecule has 120 valence electrons. The number of hydrogen-bond acceptors (Lipinski definition) is 3. The predicted octanol–water partition coefficient (Wildman–Crippen LogP) is 2.77. The molecule has 2 rings (SSSR count). The minimum Gasteiger partial charge on any atom is -0.483 e. The monoisotopic (exact) mass is 369 g/mol. The highest BCUT2D eigenvalue weighted by atomic mass is 79.9. The van der Waals surface area contributed by atoms with E-state index in [9.17, 15) is 9.59 Å². The van der Waals surface area contributed by atoms with Gasteiger partial charge in [-0.25, -0.2) is 0 Å². The normalized spacial score (nSPS) is 18.1. The molecule has 1 N–H and O–H groups in total. The van der Waals surface area contributed by atoms with Gasteiger partial charge in [-0.05, 0) is 49.9 Å². The van der Waals surface area contributed by atoms with Gasteiger partial charge in [0.1, 0.15) is 5.75 Å². The number of aliphatic carboxylic acids is 1. The first-order valence-corrected chi connectivity index (χ1v) is 8.08. The molecule has 6 heteroatoms. The van der Waals surface area contributed by atoms with E-state index in [2.05, 4.69) is 15.9 Å². The number of hydrogen-bond donors (Lipinski definition) is 1. The van der Waals surface area contributed by atoms with Crippen LogP contribution in [-0.4, -0.2) is 41.6 Å². The zero-order chi connectivity index (χ0) is 16.3. The molecule has 1 aromatic rings. The van der Waals surface area contributed by atoms with Crippen molar-refractivity contribution in [2.75, 3.05) is 19.7 Å². The van der Waals surface area contributed by atoms with E-state index in [1.54, 1.807) is 4.90 Å². The Bertz CT molecular complexity index is 565. The van der Waals surface area contributed by atoms with Gasteiger partial charge in [0.25, 0.3) is 5.91 Å². The van der Waals surface area contributed by atoms with Gasteiger partial charge in [0.05, 0.1) is 5.92 Å². The quantitative estimate of drug-likeness (QED) is 0.885. The van der Waals surface area contributed by atoms with Crippen molar-refractivity contribution in [3.05, 3.63) is 27.7 Å². The summed E-state index contributed by atoms with van der Waals surface area (Å²) in [4.78, 5) is 24.9. The van der Waals surface area contributed by atoms with Crippen LogP contribution < -0.4 is 4.74 Å². The molecule has 1 aliphatic heterocycles. The molecular weight excluding hydrogens is 350 g/mol. The van der Waals surface area contributed by atoms with Crippen molar-refractivity contribution in [1.29, 1.82) is 0 Å². The van der Waals surface area contributed by atoms with Gasteiger partial charge in [-0.2, -0.15) is 0 Å². The third kappa shape index (κ3) is 4.00. The number of ether oxygens (including phenoxy) is 1. The van der Waals surface area contributed by atoms with E-state index in [0.29, 0.717) is 18.7 Å². The summed E-state index contributed by atoms with van der Waals surface area (Å²) >= 11 is 3.42. The lowest BCUT2D eigenvalue weighted by molar-refractivity contribution is -0.146. The largest absolute Gasteiger partial charge is 0.483 e. The first-order chi connectivity index (χ1) is 10.4. The van der Waals surface area contributed by atoms with Gasteiger partial charge in [-0.15, -0.1) is 0 Å². The standard InChI is InChI=1S/C16H20BrNO4/c1-10-6-13(17)7-11(2)15(10)22-9-14(19)18-5-3-4-12(8-18)16(20)21/h6-7,12H,3-5,8-9H2,1-2H3,(H,20,21). The highest BCUT2D eigenvalue weighted by Crippen LogP contribution is 2.27. The number of carboxylic acids is 1. The Morgan fingerprint density at radius 3 is 2.59 bits per heavy atom. The number of amides is 1. The Kier molecular flexibility index (Phi) is 5.45. The molecule has 0 spiro atoms. The van der Waals surface area contributed by atoms with Crippen LogP contribution in [0.4, 0.5) is 0 Å².